The lowest BCUT2D eigenvalue weighted by Crippen LogP contribution is -2.65. The predicted molar refractivity (Wildman–Crippen MR) is 208 cm³/mol. The predicted octanol–water partition coefficient (Wildman–Crippen LogP) is 2.64. The van der Waals surface area contributed by atoms with Crippen molar-refractivity contribution in [1.82, 2.24) is 0 Å². The minimum atomic E-state index is -1.40. The lowest BCUT2D eigenvalue weighted by Gasteiger charge is -2.65. The van der Waals surface area contributed by atoms with Crippen LogP contribution in [0.15, 0.2) is 12.3 Å². The number of carbonyl (C=O) groups excluding carboxylic acids is 1. The van der Waals surface area contributed by atoms with E-state index in [4.69, 9.17) is 33.2 Å². The molecule has 336 valence electrons. The molecule has 4 aliphatic heterocycles. The van der Waals surface area contributed by atoms with Gasteiger partial charge in [0.15, 0.2) is 18.7 Å². The standard InChI is InChI=1S/C44H70O15/c1-20(45)32-30(50)33-31(51)35(58-33)38(59-32)56-25-16-26-42(8)17-23(47)22(10-11-28(53-9)40(5,6)52)41(42,7)14-15-43(26)19-44(43)13-12-27(39(3,4)36(25)44)57-37-34(55-21(2)46)29(49)24(48)18-54-37/h22-38,45,47-52H,1,10-19H2,2-9H3/t22?,23-,24?,25-,26?,27-,28?,29?,30?,31?,32?,33?,34?,35?,36?,37?,38?,41+,42-,43?,44?/m0/s1. The van der Waals surface area contributed by atoms with Crippen LogP contribution in [-0.2, 0) is 38.0 Å². The fraction of sp³-hybridized carbons (Fsp3) is 0.932. The van der Waals surface area contributed by atoms with Gasteiger partial charge in [0, 0.05) is 14.0 Å². The minimum Gasteiger partial charge on any atom is -0.510 e. The van der Waals surface area contributed by atoms with E-state index >= 15 is 0 Å². The maximum Gasteiger partial charge on any atom is 0.303 e. The molecule has 0 amide bonds. The number of hydrogen-bond donors (Lipinski definition) is 7. The quantitative estimate of drug-likeness (QED) is 0.0903. The molecule has 7 N–H and O–H groups in total. The highest BCUT2D eigenvalue weighted by molar-refractivity contribution is 5.66. The molecule has 5 saturated carbocycles. The lowest BCUT2D eigenvalue weighted by atomic mass is 9.41. The Morgan fingerprint density at radius 3 is 2.24 bits per heavy atom. The average Bonchev–Trinajstić information content (AvgIpc) is 3.80. The van der Waals surface area contributed by atoms with E-state index in [0.717, 1.165) is 25.7 Å². The molecule has 0 aromatic carbocycles. The van der Waals surface area contributed by atoms with Gasteiger partial charge < -0.3 is 68.9 Å². The van der Waals surface area contributed by atoms with E-state index in [9.17, 15) is 40.5 Å². The molecule has 59 heavy (non-hydrogen) atoms. The molecular formula is C44H70O15. The zero-order valence-electron chi connectivity index (χ0n) is 36.0. The lowest BCUT2D eigenvalue weighted by molar-refractivity contribution is -0.331. The maximum absolute atomic E-state index is 12.1. The highest BCUT2D eigenvalue weighted by atomic mass is 16.7. The Kier molecular flexibility index (Phi) is 11.1. The van der Waals surface area contributed by atoms with Crippen molar-refractivity contribution >= 4 is 5.97 Å². The second-order valence-corrected chi connectivity index (χ2v) is 21.4. The Labute approximate surface area is 347 Å². The Bertz CT molecular complexity index is 1620. The fourth-order valence-corrected chi connectivity index (χ4v) is 14.9. The molecule has 5 aliphatic carbocycles. The summed E-state index contributed by atoms with van der Waals surface area (Å²) >= 11 is 0. The van der Waals surface area contributed by atoms with Crippen LogP contribution in [-0.4, -0.2) is 147 Å². The van der Waals surface area contributed by atoms with Crippen LogP contribution < -0.4 is 0 Å². The monoisotopic (exact) mass is 838 g/mol. The van der Waals surface area contributed by atoms with Gasteiger partial charge in [0.2, 0.25) is 0 Å². The fourth-order valence-electron chi connectivity index (χ4n) is 14.9. The molecule has 2 spiro atoms. The van der Waals surface area contributed by atoms with Crippen LogP contribution in [0.25, 0.3) is 0 Å². The molecule has 2 bridgehead atoms. The summed E-state index contributed by atoms with van der Waals surface area (Å²) in [5.41, 5.74) is -2.39. The van der Waals surface area contributed by atoms with Gasteiger partial charge in [-0.25, -0.2) is 0 Å². The highest BCUT2D eigenvalue weighted by Gasteiger charge is 2.84. The van der Waals surface area contributed by atoms with Crippen molar-refractivity contribution in [1.29, 1.82) is 0 Å². The normalized spacial score (nSPS) is 52.7. The average molecular weight is 839 g/mol. The van der Waals surface area contributed by atoms with Gasteiger partial charge in [-0.05, 0) is 116 Å². The molecule has 15 nitrogen and oxygen atoms in total. The molecule has 0 aromatic rings. The van der Waals surface area contributed by atoms with Crippen LogP contribution in [0, 0.1) is 44.8 Å². The van der Waals surface area contributed by atoms with Crippen molar-refractivity contribution in [3.63, 3.8) is 0 Å². The van der Waals surface area contributed by atoms with Crippen molar-refractivity contribution in [2.45, 2.75) is 198 Å². The second-order valence-electron chi connectivity index (χ2n) is 21.4. The third-order valence-corrected chi connectivity index (χ3v) is 17.8. The van der Waals surface area contributed by atoms with Crippen molar-refractivity contribution in [2.24, 2.45) is 44.8 Å². The van der Waals surface area contributed by atoms with Crippen molar-refractivity contribution in [3.05, 3.63) is 12.3 Å². The molecule has 9 aliphatic rings. The number of rotatable bonds is 11. The summed E-state index contributed by atoms with van der Waals surface area (Å²) in [5, 5.41) is 76.9. The molecule has 21 atom stereocenters. The first-order chi connectivity index (χ1) is 27.5. The zero-order chi connectivity index (χ0) is 43.0. The summed E-state index contributed by atoms with van der Waals surface area (Å²) in [4.78, 5) is 12.1. The topological polar surface area (TPSA) is 223 Å². The van der Waals surface area contributed by atoms with Gasteiger partial charge in [-0.2, -0.15) is 0 Å². The second kappa shape index (κ2) is 14.8. The van der Waals surface area contributed by atoms with Crippen LogP contribution in [0.4, 0.5) is 0 Å². The molecule has 4 heterocycles. The first kappa shape index (κ1) is 44.1. The summed E-state index contributed by atoms with van der Waals surface area (Å²) in [6.45, 7) is 17.2. The van der Waals surface area contributed by atoms with E-state index in [1.54, 1.807) is 21.0 Å². The van der Waals surface area contributed by atoms with Crippen molar-refractivity contribution < 1.29 is 73.7 Å². The van der Waals surface area contributed by atoms with Crippen molar-refractivity contribution in [3.8, 4) is 0 Å². The van der Waals surface area contributed by atoms with E-state index in [-0.39, 0.29) is 52.1 Å². The highest BCUT2D eigenvalue weighted by Crippen LogP contribution is 2.89. The molecule has 15 heteroatoms. The van der Waals surface area contributed by atoms with Gasteiger partial charge in [0.05, 0.1) is 36.6 Å². The van der Waals surface area contributed by atoms with Crippen LogP contribution in [0.3, 0.4) is 0 Å². The van der Waals surface area contributed by atoms with E-state index in [1.807, 2.05) is 0 Å². The summed E-state index contributed by atoms with van der Waals surface area (Å²) in [6, 6.07) is 0. The van der Waals surface area contributed by atoms with Crippen LogP contribution in [0.2, 0.25) is 0 Å². The first-order valence-electron chi connectivity index (χ1n) is 21.9. The smallest absolute Gasteiger partial charge is 0.303 e. The number of hydrogen-bond acceptors (Lipinski definition) is 15. The van der Waals surface area contributed by atoms with Crippen LogP contribution in [0.1, 0.15) is 106 Å². The van der Waals surface area contributed by atoms with Gasteiger partial charge in [0.1, 0.15) is 48.5 Å². The number of aliphatic hydroxyl groups excluding tert-OH is 6. The number of carbonyl (C=O) groups is 1. The number of esters is 1. The van der Waals surface area contributed by atoms with E-state index in [0.29, 0.717) is 32.1 Å². The molecule has 4 saturated heterocycles. The zero-order valence-corrected chi connectivity index (χ0v) is 36.0. The third-order valence-electron chi connectivity index (χ3n) is 17.8. The molecule has 16 unspecified atom stereocenters. The molecular weight excluding hydrogens is 768 g/mol. The Morgan fingerprint density at radius 1 is 0.898 bits per heavy atom. The number of aliphatic hydroxyl groups is 7. The Hall–Kier alpha value is -1.47. The molecule has 0 aromatic heterocycles. The maximum atomic E-state index is 12.1. The largest absolute Gasteiger partial charge is 0.510 e. The van der Waals surface area contributed by atoms with E-state index < -0.39 is 102 Å². The van der Waals surface area contributed by atoms with Crippen LogP contribution in [0.5, 0.6) is 0 Å². The minimum absolute atomic E-state index is 0.00907. The summed E-state index contributed by atoms with van der Waals surface area (Å²) in [6.07, 6.45) is -6.74. The Balaban J connectivity index is 1.14. The Morgan fingerprint density at radius 2 is 1.61 bits per heavy atom. The van der Waals surface area contributed by atoms with Gasteiger partial charge in [-0.3, -0.25) is 4.79 Å². The van der Waals surface area contributed by atoms with Gasteiger partial charge in [-0.1, -0.05) is 34.3 Å². The number of methoxy groups -OCH3 is 1. The van der Waals surface area contributed by atoms with Crippen LogP contribution >= 0.6 is 0 Å². The summed E-state index contributed by atoms with van der Waals surface area (Å²) < 4.78 is 43.3. The SMILES string of the molecule is C=C(O)C1OC(O[C@H]2CC3C4(CC[C@]5(C)C(CCC(OC)C(C)(C)O)[C@@H](O)C[C@@]35C)CC43CC[C@H](OC4OCC(O)C(O)C4OC(C)=O)C(C)(C)C23)C2OC(C1O)C2O. The summed E-state index contributed by atoms with van der Waals surface area (Å²) in [5.74, 6) is -1.04. The van der Waals surface area contributed by atoms with E-state index in [2.05, 4.69) is 34.3 Å². The van der Waals surface area contributed by atoms with Gasteiger partial charge in [0.25, 0.3) is 0 Å². The third kappa shape index (κ3) is 6.52. The summed E-state index contributed by atoms with van der Waals surface area (Å²) in [7, 11) is 1.62. The molecule has 9 fully saturated rings. The molecule has 9 rings (SSSR count). The van der Waals surface area contributed by atoms with E-state index in [1.165, 1.54) is 6.92 Å². The molecule has 0 radical (unpaired) electrons. The number of fused-ring (bicyclic) bond motifs is 5. The number of ether oxygens (including phenoxy) is 7. The first-order valence-corrected chi connectivity index (χ1v) is 21.9. The van der Waals surface area contributed by atoms with Crippen molar-refractivity contribution in [2.75, 3.05) is 13.7 Å². The van der Waals surface area contributed by atoms with Gasteiger partial charge >= 0.3 is 5.97 Å². The van der Waals surface area contributed by atoms with Gasteiger partial charge in [-0.15, -0.1) is 0 Å².